The topological polar surface area (TPSA) is 67.9 Å². The van der Waals surface area contributed by atoms with Gasteiger partial charge >= 0.3 is 5.97 Å². The zero-order chi connectivity index (χ0) is 29.9. The first-order valence-corrected chi connectivity index (χ1v) is 14.1. The predicted molar refractivity (Wildman–Crippen MR) is 165 cm³/mol. The fourth-order valence-corrected chi connectivity index (χ4v) is 4.77. The van der Waals surface area contributed by atoms with Crippen molar-refractivity contribution >= 4 is 23.1 Å². The Morgan fingerprint density at radius 3 is 2.21 bits per heavy atom. The number of rotatable bonds is 14. The molecule has 0 fully saturated rings. The summed E-state index contributed by atoms with van der Waals surface area (Å²) < 4.78 is 25.5. The minimum atomic E-state index is -0.711. The predicted octanol–water partition coefficient (Wildman–Crippen LogP) is 6.79. The van der Waals surface area contributed by atoms with E-state index in [1.54, 1.807) is 42.5 Å². The Morgan fingerprint density at radius 1 is 0.857 bits per heavy atom. The molecule has 0 unspecified atom stereocenters. The van der Waals surface area contributed by atoms with Gasteiger partial charge in [-0.05, 0) is 47.9 Å². The van der Waals surface area contributed by atoms with Gasteiger partial charge in [-0.1, -0.05) is 80.6 Å². The van der Waals surface area contributed by atoms with Crippen LogP contribution < -0.4 is 15.0 Å². The molecule has 4 aromatic carbocycles. The Bertz CT molecular complexity index is 1460. The second-order valence-electron chi connectivity index (χ2n) is 10.4. The van der Waals surface area contributed by atoms with Crippen molar-refractivity contribution in [3.05, 3.63) is 126 Å². The number of methoxy groups -OCH3 is 1. The molecule has 4 rings (SSSR count). The molecule has 218 valence electrons. The lowest BCUT2D eigenvalue weighted by molar-refractivity contribution is -0.141. The molecular formula is C35H37FN2O4. The van der Waals surface area contributed by atoms with Crippen LogP contribution in [0.4, 0.5) is 15.8 Å². The van der Waals surface area contributed by atoms with E-state index in [2.05, 4.69) is 19.2 Å². The molecule has 0 amide bonds. The number of ether oxygens (including phenoxy) is 2. The van der Waals surface area contributed by atoms with Crippen LogP contribution in [0.5, 0.6) is 5.75 Å². The average Bonchev–Trinajstić information content (AvgIpc) is 3.01. The van der Waals surface area contributed by atoms with Gasteiger partial charge in [0.15, 0.2) is 5.78 Å². The van der Waals surface area contributed by atoms with Crippen molar-refractivity contribution in [2.45, 2.75) is 26.3 Å². The van der Waals surface area contributed by atoms with E-state index in [0.717, 1.165) is 5.56 Å². The number of para-hydroxylation sites is 2. The van der Waals surface area contributed by atoms with E-state index in [9.17, 15) is 14.0 Å². The van der Waals surface area contributed by atoms with Crippen LogP contribution >= 0.6 is 0 Å². The molecule has 0 bridgehead atoms. The number of halogens is 1. The van der Waals surface area contributed by atoms with Crippen LogP contribution in [-0.2, 0) is 16.0 Å². The van der Waals surface area contributed by atoms with Crippen LogP contribution in [-0.4, -0.2) is 44.6 Å². The molecule has 0 aliphatic heterocycles. The van der Waals surface area contributed by atoms with E-state index in [4.69, 9.17) is 9.47 Å². The molecule has 0 aromatic heterocycles. The highest BCUT2D eigenvalue weighted by molar-refractivity contribution is 6.12. The minimum Gasteiger partial charge on any atom is -0.492 e. The average molecular weight is 569 g/mol. The summed E-state index contributed by atoms with van der Waals surface area (Å²) in [6.07, 6.45) is 0.344. The van der Waals surface area contributed by atoms with Gasteiger partial charge in [0.25, 0.3) is 0 Å². The maximum Gasteiger partial charge on any atom is 0.328 e. The van der Waals surface area contributed by atoms with Crippen molar-refractivity contribution in [1.82, 2.24) is 0 Å². The van der Waals surface area contributed by atoms with Gasteiger partial charge in [0.2, 0.25) is 0 Å². The third-order valence-corrected chi connectivity index (χ3v) is 6.79. The monoisotopic (exact) mass is 568 g/mol. The molecule has 0 spiro atoms. The second kappa shape index (κ2) is 14.8. The molecule has 0 heterocycles. The maximum atomic E-state index is 14.4. The summed E-state index contributed by atoms with van der Waals surface area (Å²) in [7, 11) is 1.35. The third-order valence-electron chi connectivity index (χ3n) is 6.79. The summed E-state index contributed by atoms with van der Waals surface area (Å²) in [6.45, 7) is 5.84. The number of benzene rings is 4. The first-order valence-electron chi connectivity index (χ1n) is 14.1. The van der Waals surface area contributed by atoms with Gasteiger partial charge in [-0.2, -0.15) is 0 Å². The van der Waals surface area contributed by atoms with E-state index in [-0.39, 0.29) is 11.6 Å². The highest BCUT2D eigenvalue weighted by atomic mass is 19.1. The summed E-state index contributed by atoms with van der Waals surface area (Å²) in [5.41, 5.74) is 3.06. The summed E-state index contributed by atoms with van der Waals surface area (Å²) >= 11 is 0. The molecule has 4 aromatic rings. The smallest absolute Gasteiger partial charge is 0.328 e. The lowest BCUT2D eigenvalue weighted by Crippen LogP contribution is -2.33. The zero-order valence-corrected chi connectivity index (χ0v) is 24.3. The summed E-state index contributed by atoms with van der Waals surface area (Å²) in [5, 5.41) is 3.23. The van der Waals surface area contributed by atoms with Gasteiger partial charge in [0.1, 0.15) is 24.2 Å². The number of hydrogen-bond donors (Lipinski definition) is 1. The molecule has 42 heavy (non-hydrogen) atoms. The fourth-order valence-electron chi connectivity index (χ4n) is 4.77. The van der Waals surface area contributed by atoms with Crippen LogP contribution in [0.2, 0.25) is 0 Å². The van der Waals surface area contributed by atoms with Crippen LogP contribution in [0.3, 0.4) is 0 Å². The summed E-state index contributed by atoms with van der Waals surface area (Å²) in [4.78, 5) is 27.9. The number of carbonyl (C=O) groups is 2. The Hall–Kier alpha value is -4.65. The number of carbonyl (C=O) groups excluding carboxylic acids is 2. The van der Waals surface area contributed by atoms with Crippen LogP contribution in [0.1, 0.15) is 35.3 Å². The Balaban J connectivity index is 1.41. The van der Waals surface area contributed by atoms with Crippen LogP contribution in [0, 0.1) is 11.7 Å². The van der Waals surface area contributed by atoms with E-state index < -0.39 is 12.0 Å². The molecule has 1 N–H and O–H groups in total. The van der Waals surface area contributed by atoms with Crippen molar-refractivity contribution in [2.75, 3.05) is 37.0 Å². The van der Waals surface area contributed by atoms with Gasteiger partial charge in [0, 0.05) is 29.8 Å². The number of anilines is 2. The quantitative estimate of drug-likeness (QED) is 0.133. The van der Waals surface area contributed by atoms with Crippen molar-refractivity contribution in [3.8, 4) is 5.75 Å². The second-order valence-corrected chi connectivity index (χ2v) is 10.4. The van der Waals surface area contributed by atoms with Crippen molar-refractivity contribution in [3.63, 3.8) is 0 Å². The molecule has 7 heteroatoms. The number of hydrogen-bond acceptors (Lipinski definition) is 6. The number of nitrogens with zero attached hydrogens (tertiary/aromatic N) is 1. The maximum absolute atomic E-state index is 14.4. The van der Waals surface area contributed by atoms with Crippen molar-refractivity contribution in [1.29, 1.82) is 0 Å². The Kier molecular flexibility index (Phi) is 10.7. The van der Waals surface area contributed by atoms with Gasteiger partial charge in [0.05, 0.1) is 19.3 Å². The molecule has 0 saturated heterocycles. The van der Waals surface area contributed by atoms with E-state index in [0.29, 0.717) is 60.3 Å². The highest BCUT2D eigenvalue weighted by Gasteiger charge is 2.23. The summed E-state index contributed by atoms with van der Waals surface area (Å²) in [5.74, 6) is 0.228. The number of ketones is 1. The SMILES string of the molecule is COC(=O)[C@H](Cc1ccc(OCCN(CC(C)C)c2ccccc2F)cc1)Nc1ccccc1C(=O)c1ccccc1. The molecule has 0 aliphatic rings. The van der Waals surface area contributed by atoms with Crippen LogP contribution in [0.25, 0.3) is 0 Å². The van der Waals surface area contributed by atoms with Crippen LogP contribution in [0.15, 0.2) is 103 Å². The minimum absolute atomic E-state index is 0.134. The number of nitrogens with one attached hydrogen (secondary N) is 1. The molecule has 1 atom stereocenters. The van der Waals surface area contributed by atoms with Gasteiger partial charge in [-0.25, -0.2) is 9.18 Å². The van der Waals surface area contributed by atoms with Crippen molar-refractivity contribution < 1.29 is 23.5 Å². The van der Waals surface area contributed by atoms with E-state index in [1.165, 1.54) is 13.2 Å². The molecule has 6 nitrogen and oxygen atoms in total. The van der Waals surface area contributed by atoms with Crippen molar-refractivity contribution in [2.24, 2.45) is 5.92 Å². The number of esters is 1. The van der Waals surface area contributed by atoms with E-state index in [1.807, 2.05) is 59.5 Å². The third kappa shape index (κ3) is 8.19. The van der Waals surface area contributed by atoms with E-state index >= 15 is 0 Å². The lowest BCUT2D eigenvalue weighted by Gasteiger charge is -2.27. The molecule has 0 saturated carbocycles. The molecular weight excluding hydrogens is 531 g/mol. The standard InChI is InChI=1S/C35H37FN2O4/c1-25(2)24-38(33-16-10-8-14-30(33)36)21-22-42-28-19-17-26(18-20-28)23-32(35(40)41-3)37-31-15-9-7-13-29(31)34(39)27-11-5-4-6-12-27/h4-20,25,32,37H,21-24H2,1-3H3/t32-/m0/s1. The first kappa shape index (κ1) is 30.3. The Morgan fingerprint density at radius 2 is 1.52 bits per heavy atom. The highest BCUT2D eigenvalue weighted by Crippen LogP contribution is 2.23. The van der Waals surface area contributed by atoms with Gasteiger partial charge in [-0.3, -0.25) is 4.79 Å². The molecule has 0 radical (unpaired) electrons. The molecule has 0 aliphatic carbocycles. The fraction of sp³-hybridized carbons (Fsp3) is 0.257. The van der Waals surface area contributed by atoms with Gasteiger partial charge < -0.3 is 19.7 Å². The normalized spacial score (nSPS) is 11.5. The summed E-state index contributed by atoms with van der Waals surface area (Å²) in [6, 6.07) is 29.7. The first-order chi connectivity index (χ1) is 20.4. The largest absolute Gasteiger partial charge is 0.492 e. The Labute approximate surface area is 247 Å². The van der Waals surface area contributed by atoms with Gasteiger partial charge in [-0.15, -0.1) is 0 Å². The lowest BCUT2D eigenvalue weighted by atomic mass is 10.00. The zero-order valence-electron chi connectivity index (χ0n) is 24.3.